The molecule has 1 aliphatic heterocycles. The molecule has 0 aromatic carbocycles. The van der Waals surface area contributed by atoms with Crippen LogP contribution in [0.4, 0.5) is 0 Å². The van der Waals surface area contributed by atoms with E-state index in [1.807, 2.05) is 0 Å². The van der Waals surface area contributed by atoms with Crippen LogP contribution in [0.2, 0.25) is 32.7 Å². The van der Waals surface area contributed by atoms with Gasteiger partial charge in [-0.1, -0.05) is 31.0 Å². The van der Waals surface area contributed by atoms with Crippen molar-refractivity contribution in [2.75, 3.05) is 0 Å². The van der Waals surface area contributed by atoms with E-state index in [2.05, 4.69) is 83.4 Å². The highest BCUT2D eigenvalue weighted by Gasteiger charge is 2.72. The molecule has 5 heteroatoms. The van der Waals surface area contributed by atoms with Gasteiger partial charge in [0.1, 0.15) is 7.59 Å². The molecule has 0 aromatic rings. The van der Waals surface area contributed by atoms with Crippen molar-refractivity contribution in [2.24, 2.45) is 0 Å². The lowest BCUT2D eigenvalue weighted by atomic mass is 10.5. The zero-order valence-corrected chi connectivity index (χ0v) is 17.8. The molecule has 1 unspecified atom stereocenters. The molecule has 108 valence electrons. The average molecular weight is 327 g/mol. The average Bonchev–Trinajstić information content (AvgIpc) is 2.27. The lowest BCUT2D eigenvalue weighted by Gasteiger charge is -2.66. The van der Waals surface area contributed by atoms with Crippen molar-refractivity contribution < 1.29 is 4.43 Å². The summed E-state index contributed by atoms with van der Waals surface area (Å²) in [7, 11) is -6.70. The van der Waals surface area contributed by atoms with Crippen LogP contribution in [0.25, 0.3) is 0 Å². The summed E-state index contributed by atoms with van der Waals surface area (Å²) >= 11 is 0. The molecule has 0 spiro atoms. The first kappa shape index (κ1) is 17.1. The molecule has 0 aromatic heterocycles. The van der Waals surface area contributed by atoms with Crippen LogP contribution < -0.4 is 0 Å². The smallest absolute Gasteiger partial charge is 0.171 e. The lowest BCUT2D eigenvalue weighted by molar-refractivity contribution is 0.185. The summed E-state index contributed by atoms with van der Waals surface area (Å²) in [6.45, 7) is 29.7. The summed E-state index contributed by atoms with van der Waals surface area (Å²) in [4.78, 5) is 0. The second-order valence-electron chi connectivity index (χ2n) is 7.43. The van der Waals surface area contributed by atoms with Crippen molar-refractivity contribution >= 4 is 29.6 Å². The van der Waals surface area contributed by atoms with Crippen LogP contribution in [0.3, 0.4) is 0 Å². The van der Waals surface area contributed by atoms with Gasteiger partial charge in [0.05, 0.1) is 14.2 Å². The summed E-state index contributed by atoms with van der Waals surface area (Å²) in [5.74, 6) is 0. The SMILES string of the molecule is C=C[Si]1(C=C)C(C)(C)O[Si](C)(C)[Si](C)(C)[Si]1(C)C=C. The van der Waals surface area contributed by atoms with Crippen LogP contribution in [-0.2, 0) is 4.43 Å². The molecule has 0 radical (unpaired) electrons. The normalized spacial score (nSPS) is 34.3. The van der Waals surface area contributed by atoms with Gasteiger partial charge < -0.3 is 4.43 Å². The molecule has 1 saturated heterocycles. The number of hydrogen-bond acceptors (Lipinski definition) is 1. The van der Waals surface area contributed by atoms with E-state index in [0.717, 1.165) is 0 Å². The van der Waals surface area contributed by atoms with Crippen LogP contribution in [0.5, 0.6) is 0 Å². The molecule has 19 heavy (non-hydrogen) atoms. The minimum Gasteiger partial charge on any atom is -0.418 e. The molecule has 1 atom stereocenters. The first-order chi connectivity index (χ1) is 8.39. The molecule has 1 aliphatic rings. The maximum absolute atomic E-state index is 6.78. The highest BCUT2D eigenvalue weighted by molar-refractivity contribution is 7.86. The standard InChI is InChI=1S/C14H30OSi4/c1-11-18(10)17(8,9)16(6,7)15-14(4,5)19(18,12-2)13-3/h11-13H,1-3H2,4-10H3. The fourth-order valence-corrected chi connectivity index (χ4v) is 71.6. The molecule has 0 bridgehead atoms. The highest BCUT2D eigenvalue weighted by atomic mass is 29.8. The largest absolute Gasteiger partial charge is 0.418 e. The molecule has 1 rings (SSSR count). The van der Waals surface area contributed by atoms with E-state index in [-0.39, 0.29) is 5.22 Å². The Hall–Kier alpha value is 0.0475. The Morgan fingerprint density at radius 3 is 1.58 bits per heavy atom. The van der Waals surface area contributed by atoms with Crippen molar-refractivity contribution in [1.29, 1.82) is 0 Å². The van der Waals surface area contributed by atoms with E-state index >= 15 is 0 Å². The van der Waals surface area contributed by atoms with Gasteiger partial charge in [0, 0.05) is 5.22 Å². The topological polar surface area (TPSA) is 9.23 Å². The van der Waals surface area contributed by atoms with E-state index in [1.54, 1.807) is 0 Å². The number of rotatable bonds is 3. The predicted octanol–water partition coefficient (Wildman–Crippen LogP) is 4.19. The summed E-state index contributed by atoms with van der Waals surface area (Å²) in [6.07, 6.45) is 0. The van der Waals surface area contributed by atoms with E-state index in [0.29, 0.717) is 0 Å². The minimum atomic E-state index is -1.91. The maximum atomic E-state index is 6.78. The molecular formula is C14H30OSi4. The Kier molecular flexibility index (Phi) is 4.07. The second-order valence-corrected chi connectivity index (χ2v) is 43.3. The second kappa shape index (κ2) is 4.52. The molecule has 0 aliphatic carbocycles. The van der Waals surface area contributed by atoms with E-state index in [4.69, 9.17) is 4.43 Å². The van der Waals surface area contributed by atoms with Gasteiger partial charge in [-0.25, -0.2) is 0 Å². The molecule has 0 amide bonds. The molecule has 1 nitrogen and oxygen atoms in total. The zero-order valence-electron chi connectivity index (χ0n) is 13.8. The van der Waals surface area contributed by atoms with Crippen LogP contribution in [-0.4, -0.2) is 34.9 Å². The molecule has 0 saturated carbocycles. The summed E-state index contributed by atoms with van der Waals surface area (Å²) in [6, 6.07) is 0. The van der Waals surface area contributed by atoms with Gasteiger partial charge in [-0.2, -0.15) is 0 Å². The van der Waals surface area contributed by atoms with Gasteiger partial charge >= 0.3 is 0 Å². The monoisotopic (exact) mass is 326 g/mol. The third kappa shape index (κ3) is 1.78. The third-order valence-electron chi connectivity index (χ3n) is 6.22. The maximum Gasteiger partial charge on any atom is 0.171 e. The van der Waals surface area contributed by atoms with Crippen molar-refractivity contribution in [3.63, 3.8) is 0 Å². The van der Waals surface area contributed by atoms with Gasteiger partial charge in [0.25, 0.3) is 0 Å². The first-order valence-electron chi connectivity index (χ1n) is 7.00. The summed E-state index contributed by atoms with van der Waals surface area (Å²) in [5.41, 5.74) is 6.84. The molecule has 0 N–H and O–H groups in total. The zero-order chi connectivity index (χ0) is 15.3. The first-order valence-corrected chi connectivity index (χ1v) is 20.6. The van der Waals surface area contributed by atoms with Crippen molar-refractivity contribution in [3.05, 3.63) is 36.8 Å². The van der Waals surface area contributed by atoms with Gasteiger partial charge in [-0.05, 0) is 26.9 Å². The van der Waals surface area contributed by atoms with Crippen LogP contribution in [0.15, 0.2) is 36.8 Å². The molecular weight excluding hydrogens is 296 g/mol. The van der Waals surface area contributed by atoms with E-state index < -0.39 is 29.6 Å². The Morgan fingerprint density at radius 1 is 0.842 bits per heavy atom. The van der Waals surface area contributed by atoms with Crippen LogP contribution >= 0.6 is 0 Å². The van der Waals surface area contributed by atoms with E-state index in [9.17, 15) is 0 Å². The fourth-order valence-electron chi connectivity index (χ4n) is 4.04. The van der Waals surface area contributed by atoms with Crippen LogP contribution in [0.1, 0.15) is 13.8 Å². The minimum absolute atomic E-state index is 0.0933. The Balaban J connectivity index is 3.77. The van der Waals surface area contributed by atoms with Crippen molar-refractivity contribution in [1.82, 2.24) is 0 Å². The Labute approximate surface area is 123 Å². The predicted molar refractivity (Wildman–Crippen MR) is 98.1 cm³/mol. The summed E-state index contributed by atoms with van der Waals surface area (Å²) in [5, 5.41) is -0.0933. The lowest BCUT2D eigenvalue weighted by Crippen LogP contribution is -2.91. The number of hydrogen-bond donors (Lipinski definition) is 0. The Bertz CT molecular complexity index is 417. The van der Waals surface area contributed by atoms with Crippen LogP contribution in [0, 0.1) is 0 Å². The van der Waals surface area contributed by atoms with Gasteiger partial charge in [-0.15, -0.1) is 25.4 Å². The third-order valence-corrected chi connectivity index (χ3v) is 67.2. The summed E-state index contributed by atoms with van der Waals surface area (Å²) < 4.78 is 6.78. The van der Waals surface area contributed by atoms with Crippen molar-refractivity contribution in [3.8, 4) is 0 Å². The molecule has 1 fully saturated rings. The Morgan fingerprint density at radius 2 is 1.26 bits per heavy atom. The van der Waals surface area contributed by atoms with Gasteiger partial charge in [0.15, 0.2) is 7.83 Å². The fraction of sp³-hybridized carbons (Fsp3) is 0.571. The van der Waals surface area contributed by atoms with Gasteiger partial charge in [-0.3, -0.25) is 0 Å². The van der Waals surface area contributed by atoms with Crippen molar-refractivity contribution in [2.45, 2.75) is 51.8 Å². The van der Waals surface area contributed by atoms with E-state index in [1.165, 1.54) is 0 Å². The molecule has 1 heterocycles. The highest BCUT2D eigenvalue weighted by Crippen LogP contribution is 2.49. The van der Waals surface area contributed by atoms with Gasteiger partial charge in [0.2, 0.25) is 0 Å². The quantitative estimate of drug-likeness (QED) is 0.707.